The number of hydrogen-bond donors (Lipinski definition) is 3. The SMILES string of the molecule is CNc1nc2nc3c1ncn3C(=O)NC1C[C@@H](F)CC1OCc1cc(cc(N3CCOCC3)c1)N2. The van der Waals surface area contributed by atoms with Gasteiger partial charge in [-0.15, -0.1) is 0 Å². The molecule has 2 aliphatic heterocycles. The van der Waals surface area contributed by atoms with Crippen LogP contribution in [-0.2, 0) is 16.1 Å². The molecule has 3 aromatic rings. The van der Waals surface area contributed by atoms with E-state index in [4.69, 9.17) is 9.47 Å². The van der Waals surface area contributed by atoms with Gasteiger partial charge in [0.25, 0.3) is 0 Å². The van der Waals surface area contributed by atoms with Gasteiger partial charge in [-0.05, 0) is 23.8 Å². The van der Waals surface area contributed by atoms with E-state index in [9.17, 15) is 9.18 Å². The molecule has 3 aliphatic rings. The largest absolute Gasteiger partial charge is 0.378 e. The van der Waals surface area contributed by atoms with Gasteiger partial charge >= 0.3 is 6.03 Å². The predicted molar refractivity (Wildman–Crippen MR) is 128 cm³/mol. The Morgan fingerprint density at radius 3 is 2.86 bits per heavy atom. The van der Waals surface area contributed by atoms with Crippen LogP contribution in [0.1, 0.15) is 18.4 Å². The molecule has 2 aromatic heterocycles. The summed E-state index contributed by atoms with van der Waals surface area (Å²) in [5, 5.41) is 9.24. The van der Waals surface area contributed by atoms with E-state index in [0.29, 0.717) is 36.1 Å². The van der Waals surface area contributed by atoms with E-state index in [1.54, 1.807) is 7.05 Å². The molecule has 2 fully saturated rings. The van der Waals surface area contributed by atoms with Gasteiger partial charge in [-0.2, -0.15) is 9.97 Å². The topological polar surface area (TPSA) is 118 Å². The fourth-order valence-corrected chi connectivity index (χ4v) is 4.95. The standard InChI is InChI=1S/C23H27FN8O3/c1-25-20-19-21-30-22(29-20)27-15-6-13(7-16(10-15)31-2-4-34-5-3-31)11-35-18-9-14(24)8-17(18)28-23(33)32(21)12-26-19/h6-7,10,12,14,17-18H,2-5,8-9,11H2,1H3,(H,28,33)(H2,25,27,29,30)/t14-,17?,18?/m1/s1. The zero-order chi connectivity index (χ0) is 23.9. The lowest BCUT2D eigenvalue weighted by Gasteiger charge is -2.30. The number of amides is 1. The minimum Gasteiger partial charge on any atom is -0.378 e. The van der Waals surface area contributed by atoms with Gasteiger partial charge in [-0.3, -0.25) is 0 Å². The Morgan fingerprint density at radius 2 is 2.03 bits per heavy atom. The van der Waals surface area contributed by atoms with E-state index in [-0.39, 0.29) is 19.4 Å². The molecule has 2 unspecified atom stereocenters. The lowest BCUT2D eigenvalue weighted by molar-refractivity contribution is 0.0273. The molecule has 184 valence electrons. The van der Waals surface area contributed by atoms with Crippen LogP contribution < -0.4 is 20.9 Å². The van der Waals surface area contributed by atoms with Gasteiger partial charge in [0.1, 0.15) is 12.5 Å². The van der Waals surface area contributed by atoms with Gasteiger partial charge in [-0.1, -0.05) is 0 Å². The van der Waals surface area contributed by atoms with Gasteiger partial charge < -0.3 is 30.3 Å². The summed E-state index contributed by atoms with van der Waals surface area (Å²) in [6.45, 7) is 3.19. The number of imidazole rings is 1. The van der Waals surface area contributed by atoms with Crippen molar-refractivity contribution in [2.24, 2.45) is 0 Å². The maximum atomic E-state index is 14.4. The van der Waals surface area contributed by atoms with Crippen molar-refractivity contribution in [1.29, 1.82) is 0 Å². The molecule has 3 N–H and O–H groups in total. The summed E-state index contributed by atoms with van der Waals surface area (Å²) < 4.78 is 27.4. The van der Waals surface area contributed by atoms with Crippen LogP contribution in [0.25, 0.3) is 11.2 Å². The minimum absolute atomic E-state index is 0.200. The number of alkyl halides is 1. The first-order valence-corrected chi connectivity index (χ1v) is 11.8. The van der Waals surface area contributed by atoms with E-state index in [0.717, 1.165) is 30.0 Å². The number of anilines is 4. The third kappa shape index (κ3) is 4.23. The summed E-state index contributed by atoms with van der Waals surface area (Å²) in [5.41, 5.74) is 3.56. The molecule has 1 saturated carbocycles. The fourth-order valence-electron chi connectivity index (χ4n) is 4.95. The molecule has 1 saturated heterocycles. The highest BCUT2D eigenvalue weighted by Gasteiger charge is 2.37. The molecule has 1 aliphatic carbocycles. The minimum atomic E-state index is -1.04. The highest BCUT2D eigenvalue weighted by atomic mass is 19.1. The van der Waals surface area contributed by atoms with Crippen molar-refractivity contribution in [1.82, 2.24) is 24.8 Å². The number of carbonyl (C=O) groups excluding carboxylic acids is 1. The number of aromatic nitrogens is 4. The van der Waals surface area contributed by atoms with Crippen LogP contribution in [-0.4, -0.2) is 77.2 Å². The summed E-state index contributed by atoms with van der Waals surface area (Å²) in [4.78, 5) is 28.9. The van der Waals surface area contributed by atoms with Crippen molar-refractivity contribution in [2.45, 2.75) is 37.8 Å². The predicted octanol–water partition coefficient (Wildman–Crippen LogP) is 2.41. The molecule has 3 atom stereocenters. The normalized spacial score (nSPS) is 24.6. The highest BCUT2D eigenvalue weighted by Crippen LogP contribution is 2.31. The van der Waals surface area contributed by atoms with Crippen LogP contribution in [0.15, 0.2) is 24.5 Å². The Kier molecular flexibility index (Phi) is 5.61. The molecule has 4 bridgehead atoms. The van der Waals surface area contributed by atoms with E-state index >= 15 is 0 Å². The number of ether oxygens (including phenoxy) is 2. The van der Waals surface area contributed by atoms with Crippen LogP contribution in [0.5, 0.6) is 0 Å². The molecule has 0 radical (unpaired) electrons. The molecular formula is C23H27FN8O3. The Hall–Kier alpha value is -3.51. The van der Waals surface area contributed by atoms with Crippen molar-refractivity contribution in [3.63, 3.8) is 0 Å². The van der Waals surface area contributed by atoms with Crippen molar-refractivity contribution in [3.05, 3.63) is 30.1 Å². The first-order valence-electron chi connectivity index (χ1n) is 11.8. The van der Waals surface area contributed by atoms with Crippen LogP contribution in [0.2, 0.25) is 0 Å². The zero-order valence-corrected chi connectivity index (χ0v) is 19.3. The smallest absolute Gasteiger partial charge is 0.328 e. The summed E-state index contributed by atoms with van der Waals surface area (Å²) in [6.07, 6.45) is 0.363. The Morgan fingerprint density at radius 1 is 1.17 bits per heavy atom. The monoisotopic (exact) mass is 482 g/mol. The molecule has 35 heavy (non-hydrogen) atoms. The molecule has 0 spiro atoms. The number of rotatable bonds is 2. The summed E-state index contributed by atoms with van der Waals surface area (Å²) >= 11 is 0. The Labute approximate surface area is 201 Å². The second-order valence-corrected chi connectivity index (χ2v) is 9.02. The second-order valence-electron chi connectivity index (χ2n) is 9.02. The Balaban J connectivity index is 1.46. The van der Waals surface area contributed by atoms with Crippen LogP contribution in [0, 0.1) is 0 Å². The van der Waals surface area contributed by atoms with Crippen molar-refractivity contribution in [2.75, 3.05) is 48.9 Å². The molecule has 4 heterocycles. The van der Waals surface area contributed by atoms with Gasteiger partial charge in [0.15, 0.2) is 17.0 Å². The third-order valence-electron chi connectivity index (χ3n) is 6.68. The van der Waals surface area contributed by atoms with Gasteiger partial charge in [0.05, 0.1) is 32.0 Å². The molecule has 11 nitrogen and oxygen atoms in total. The molecule has 6 rings (SSSR count). The fraction of sp³-hybridized carbons (Fsp3) is 0.478. The number of nitrogens with one attached hydrogen (secondary N) is 3. The first-order chi connectivity index (χ1) is 17.1. The maximum absolute atomic E-state index is 14.4. The number of carbonyl (C=O) groups is 1. The number of hydrogen-bond acceptors (Lipinski definition) is 9. The zero-order valence-electron chi connectivity index (χ0n) is 19.3. The highest BCUT2D eigenvalue weighted by molar-refractivity contribution is 5.92. The number of nitrogens with zero attached hydrogens (tertiary/aromatic N) is 5. The average Bonchev–Trinajstić information content (AvgIpc) is 3.45. The van der Waals surface area contributed by atoms with Crippen LogP contribution in [0.3, 0.4) is 0 Å². The lowest BCUT2D eigenvalue weighted by Crippen LogP contribution is -2.43. The summed E-state index contributed by atoms with van der Waals surface area (Å²) in [6, 6.07) is 5.21. The number of fused-ring (bicyclic) bond motifs is 4. The molecule has 1 amide bonds. The van der Waals surface area contributed by atoms with Crippen LogP contribution in [0.4, 0.5) is 32.3 Å². The molecule has 12 heteroatoms. The van der Waals surface area contributed by atoms with Crippen molar-refractivity contribution >= 4 is 40.3 Å². The number of morpholine rings is 1. The van der Waals surface area contributed by atoms with Crippen molar-refractivity contribution in [3.8, 4) is 0 Å². The second kappa shape index (κ2) is 8.93. The number of halogens is 1. The summed E-state index contributed by atoms with van der Waals surface area (Å²) in [7, 11) is 1.74. The summed E-state index contributed by atoms with van der Waals surface area (Å²) in [5.74, 6) is 0.814. The quantitative estimate of drug-likeness (QED) is 0.506. The third-order valence-corrected chi connectivity index (χ3v) is 6.68. The van der Waals surface area contributed by atoms with E-state index in [1.165, 1.54) is 10.9 Å². The first kappa shape index (κ1) is 22.0. The van der Waals surface area contributed by atoms with E-state index < -0.39 is 24.3 Å². The van der Waals surface area contributed by atoms with E-state index in [2.05, 4.69) is 41.9 Å². The van der Waals surface area contributed by atoms with Crippen LogP contribution >= 0.6 is 0 Å². The lowest BCUT2D eigenvalue weighted by atomic mass is 10.1. The van der Waals surface area contributed by atoms with Gasteiger partial charge in [-0.25, -0.2) is 18.7 Å². The van der Waals surface area contributed by atoms with Gasteiger partial charge in [0, 0.05) is 44.4 Å². The molecular weight excluding hydrogens is 455 g/mol. The average molecular weight is 483 g/mol. The van der Waals surface area contributed by atoms with Crippen molar-refractivity contribution < 1.29 is 18.7 Å². The Bertz CT molecular complexity index is 1260. The van der Waals surface area contributed by atoms with E-state index in [1.807, 2.05) is 12.1 Å². The van der Waals surface area contributed by atoms with Gasteiger partial charge in [0.2, 0.25) is 5.95 Å². The number of benzene rings is 1. The molecule has 1 aromatic carbocycles. The maximum Gasteiger partial charge on any atom is 0.328 e.